The summed E-state index contributed by atoms with van der Waals surface area (Å²) in [5.41, 5.74) is 2.20. The summed E-state index contributed by atoms with van der Waals surface area (Å²) in [6.45, 7) is 0.775. The standard InChI is InChI=1S/C12H13ClN2OS.ClH/c13-9-2-1-8-3-4-15(11(8)5-9)12(16)10-6-17-7-14-10;/h1-2,5,10,14H,3-4,6-7H2;1H. The Morgan fingerprint density at radius 1 is 1.50 bits per heavy atom. The summed E-state index contributed by atoms with van der Waals surface area (Å²) in [6, 6.07) is 5.76. The quantitative estimate of drug-likeness (QED) is 0.864. The fourth-order valence-corrected chi connectivity index (χ4v) is 3.42. The van der Waals surface area contributed by atoms with Crippen LogP contribution in [-0.2, 0) is 11.2 Å². The molecule has 98 valence electrons. The van der Waals surface area contributed by atoms with E-state index in [1.807, 2.05) is 23.1 Å². The van der Waals surface area contributed by atoms with Crippen molar-refractivity contribution in [3.63, 3.8) is 0 Å². The molecule has 1 N–H and O–H groups in total. The van der Waals surface area contributed by atoms with Gasteiger partial charge in [-0.2, -0.15) is 0 Å². The van der Waals surface area contributed by atoms with Crippen LogP contribution in [0.2, 0.25) is 5.02 Å². The minimum Gasteiger partial charge on any atom is -0.310 e. The van der Waals surface area contributed by atoms with E-state index in [-0.39, 0.29) is 24.4 Å². The molecule has 0 saturated carbocycles. The lowest BCUT2D eigenvalue weighted by molar-refractivity contribution is -0.119. The minimum absolute atomic E-state index is 0. The second-order valence-electron chi connectivity index (χ2n) is 4.28. The van der Waals surface area contributed by atoms with E-state index in [9.17, 15) is 4.79 Å². The van der Waals surface area contributed by atoms with Crippen molar-refractivity contribution in [3.8, 4) is 0 Å². The van der Waals surface area contributed by atoms with Crippen LogP contribution in [0.5, 0.6) is 0 Å². The molecular formula is C12H14Cl2N2OS. The van der Waals surface area contributed by atoms with E-state index >= 15 is 0 Å². The molecule has 0 aliphatic carbocycles. The van der Waals surface area contributed by atoms with Crippen LogP contribution in [-0.4, -0.2) is 30.1 Å². The number of amides is 1. The summed E-state index contributed by atoms with van der Waals surface area (Å²) < 4.78 is 0. The van der Waals surface area contributed by atoms with Gasteiger partial charge in [0, 0.05) is 28.9 Å². The van der Waals surface area contributed by atoms with E-state index in [1.54, 1.807) is 11.8 Å². The highest BCUT2D eigenvalue weighted by Gasteiger charge is 2.31. The number of benzene rings is 1. The summed E-state index contributed by atoms with van der Waals surface area (Å²) in [5, 5.41) is 3.91. The average Bonchev–Trinajstić information content (AvgIpc) is 2.97. The molecule has 1 fully saturated rings. The van der Waals surface area contributed by atoms with Gasteiger partial charge in [0.05, 0.1) is 6.04 Å². The van der Waals surface area contributed by atoms with Crippen molar-refractivity contribution < 1.29 is 4.79 Å². The zero-order valence-corrected chi connectivity index (χ0v) is 12.1. The van der Waals surface area contributed by atoms with Crippen molar-refractivity contribution in [1.29, 1.82) is 0 Å². The monoisotopic (exact) mass is 304 g/mol. The van der Waals surface area contributed by atoms with Gasteiger partial charge in [-0.1, -0.05) is 17.7 Å². The van der Waals surface area contributed by atoms with Crippen molar-refractivity contribution in [1.82, 2.24) is 5.32 Å². The number of rotatable bonds is 1. The molecule has 1 aromatic rings. The lowest BCUT2D eigenvalue weighted by Gasteiger charge is -2.21. The van der Waals surface area contributed by atoms with Gasteiger partial charge in [-0.05, 0) is 24.1 Å². The van der Waals surface area contributed by atoms with Gasteiger partial charge in [-0.25, -0.2) is 0 Å². The number of carbonyl (C=O) groups is 1. The maximum Gasteiger partial charge on any atom is 0.245 e. The van der Waals surface area contributed by atoms with Gasteiger partial charge >= 0.3 is 0 Å². The van der Waals surface area contributed by atoms with Crippen LogP contribution < -0.4 is 10.2 Å². The molecule has 18 heavy (non-hydrogen) atoms. The number of thioether (sulfide) groups is 1. The first-order valence-electron chi connectivity index (χ1n) is 5.66. The van der Waals surface area contributed by atoms with Crippen LogP contribution in [0.15, 0.2) is 18.2 Å². The molecular weight excluding hydrogens is 291 g/mol. The van der Waals surface area contributed by atoms with E-state index in [2.05, 4.69) is 5.32 Å². The highest BCUT2D eigenvalue weighted by Crippen LogP contribution is 2.31. The molecule has 2 aliphatic rings. The smallest absolute Gasteiger partial charge is 0.245 e. The average molecular weight is 305 g/mol. The van der Waals surface area contributed by atoms with Crippen molar-refractivity contribution in [2.24, 2.45) is 0 Å². The summed E-state index contributed by atoms with van der Waals surface area (Å²) >= 11 is 7.76. The summed E-state index contributed by atoms with van der Waals surface area (Å²) in [4.78, 5) is 14.2. The number of nitrogens with one attached hydrogen (secondary N) is 1. The minimum atomic E-state index is -0.0371. The van der Waals surface area contributed by atoms with E-state index in [0.717, 1.165) is 30.3 Å². The van der Waals surface area contributed by atoms with Crippen LogP contribution >= 0.6 is 35.8 Å². The lowest BCUT2D eigenvalue weighted by atomic mass is 10.2. The molecule has 0 radical (unpaired) electrons. The van der Waals surface area contributed by atoms with Crippen LogP contribution in [0.1, 0.15) is 5.56 Å². The van der Waals surface area contributed by atoms with Gasteiger partial charge in [0.25, 0.3) is 0 Å². The Hall–Kier alpha value is -0.420. The van der Waals surface area contributed by atoms with E-state index in [4.69, 9.17) is 11.6 Å². The van der Waals surface area contributed by atoms with Crippen molar-refractivity contribution in [3.05, 3.63) is 28.8 Å². The molecule has 6 heteroatoms. The fraction of sp³-hybridized carbons (Fsp3) is 0.417. The molecule has 0 aromatic heterocycles. The van der Waals surface area contributed by atoms with Gasteiger partial charge in [0.1, 0.15) is 0 Å². The topological polar surface area (TPSA) is 32.3 Å². The Morgan fingerprint density at radius 2 is 2.33 bits per heavy atom. The Kier molecular flexibility index (Phi) is 4.43. The van der Waals surface area contributed by atoms with E-state index in [1.165, 1.54) is 5.56 Å². The van der Waals surface area contributed by atoms with Crippen LogP contribution in [0.4, 0.5) is 5.69 Å². The van der Waals surface area contributed by atoms with Crippen LogP contribution in [0.25, 0.3) is 0 Å². The van der Waals surface area contributed by atoms with Crippen molar-refractivity contribution in [2.75, 3.05) is 23.1 Å². The highest BCUT2D eigenvalue weighted by molar-refractivity contribution is 7.99. The Bertz CT molecular complexity index is 463. The van der Waals surface area contributed by atoms with Gasteiger partial charge in [0.2, 0.25) is 5.91 Å². The van der Waals surface area contributed by atoms with Gasteiger partial charge in [-0.3, -0.25) is 10.1 Å². The molecule has 3 rings (SSSR count). The number of anilines is 1. The van der Waals surface area contributed by atoms with Crippen molar-refractivity contribution >= 4 is 47.4 Å². The van der Waals surface area contributed by atoms with Crippen LogP contribution in [0, 0.1) is 0 Å². The summed E-state index contributed by atoms with van der Waals surface area (Å²) in [5.74, 6) is 1.91. The largest absolute Gasteiger partial charge is 0.310 e. The normalized spacial score (nSPS) is 21.6. The highest BCUT2D eigenvalue weighted by atomic mass is 35.5. The molecule has 2 aliphatic heterocycles. The molecule has 1 atom stereocenters. The van der Waals surface area contributed by atoms with E-state index < -0.39 is 0 Å². The molecule has 3 nitrogen and oxygen atoms in total. The SMILES string of the molecule is Cl.O=C(C1CSCN1)N1CCc2ccc(Cl)cc21. The zero-order chi connectivity index (χ0) is 11.8. The number of fused-ring (bicyclic) bond motifs is 1. The predicted octanol–water partition coefficient (Wildman–Crippen LogP) is 2.31. The molecule has 2 heterocycles. The first-order valence-corrected chi connectivity index (χ1v) is 7.20. The van der Waals surface area contributed by atoms with Crippen LogP contribution in [0.3, 0.4) is 0 Å². The fourth-order valence-electron chi connectivity index (χ4n) is 2.32. The summed E-state index contributed by atoms with van der Waals surface area (Å²) in [6.07, 6.45) is 0.929. The second-order valence-corrected chi connectivity index (χ2v) is 5.75. The van der Waals surface area contributed by atoms with Gasteiger partial charge in [0.15, 0.2) is 0 Å². The number of hydrogen-bond acceptors (Lipinski definition) is 3. The van der Waals surface area contributed by atoms with E-state index in [0.29, 0.717) is 5.02 Å². The Labute approximate surface area is 122 Å². The lowest BCUT2D eigenvalue weighted by Crippen LogP contribution is -2.44. The molecule has 1 unspecified atom stereocenters. The number of hydrogen-bond donors (Lipinski definition) is 1. The maximum atomic E-state index is 12.3. The summed E-state index contributed by atoms with van der Waals surface area (Å²) in [7, 11) is 0. The molecule has 0 bridgehead atoms. The third-order valence-electron chi connectivity index (χ3n) is 3.22. The first-order chi connectivity index (χ1) is 8.25. The van der Waals surface area contributed by atoms with Gasteiger partial charge < -0.3 is 4.90 Å². The predicted molar refractivity (Wildman–Crippen MR) is 79.0 cm³/mol. The molecule has 1 aromatic carbocycles. The maximum absolute atomic E-state index is 12.3. The third-order valence-corrected chi connectivity index (χ3v) is 4.40. The second kappa shape index (κ2) is 5.70. The molecule has 0 spiro atoms. The van der Waals surface area contributed by atoms with Gasteiger partial charge in [-0.15, -0.1) is 24.2 Å². The molecule has 1 amide bonds. The Morgan fingerprint density at radius 3 is 3.06 bits per heavy atom. The number of carbonyl (C=O) groups excluding carboxylic acids is 1. The zero-order valence-electron chi connectivity index (χ0n) is 9.69. The number of nitrogens with zero attached hydrogens (tertiary/aromatic N) is 1. The van der Waals surface area contributed by atoms with Crippen molar-refractivity contribution in [2.45, 2.75) is 12.5 Å². The third kappa shape index (κ3) is 2.48. The molecule has 1 saturated heterocycles. The first kappa shape index (κ1) is 14.0. The number of halogens is 2. The Balaban J connectivity index is 0.00000120.